The molecule has 0 aromatic heterocycles. The van der Waals surface area contributed by atoms with E-state index in [0.717, 1.165) is 11.8 Å². The van der Waals surface area contributed by atoms with Crippen LogP contribution in [0, 0.1) is 5.82 Å². The van der Waals surface area contributed by atoms with E-state index in [1.807, 2.05) is 0 Å². The van der Waals surface area contributed by atoms with Crippen molar-refractivity contribution in [3.05, 3.63) is 70.5 Å². The highest BCUT2D eigenvalue weighted by Crippen LogP contribution is 2.25. The van der Waals surface area contributed by atoms with E-state index in [1.54, 1.807) is 42.5 Å². The second-order valence-electron chi connectivity index (χ2n) is 3.69. The maximum atomic E-state index is 13.6. The van der Waals surface area contributed by atoms with Crippen LogP contribution in [0.15, 0.2) is 48.5 Å². The third-order valence-electron chi connectivity index (χ3n) is 2.61. The summed E-state index contributed by atoms with van der Waals surface area (Å²) in [5.74, 6) is -0.965. The van der Waals surface area contributed by atoms with Gasteiger partial charge in [0, 0.05) is 10.6 Å². The van der Waals surface area contributed by atoms with Crippen molar-refractivity contribution in [1.29, 1.82) is 0 Å². The first kappa shape index (κ1) is 11.8. The molecule has 0 radical (unpaired) electrons. The highest BCUT2D eigenvalue weighted by Gasteiger charge is 2.16. The SMILES string of the molecule is O=CC(c1ccc(Cl)cc1)c1ccccc1F. The van der Waals surface area contributed by atoms with E-state index in [4.69, 9.17) is 11.6 Å². The number of carbonyl (C=O) groups is 1. The van der Waals surface area contributed by atoms with Crippen LogP contribution >= 0.6 is 11.6 Å². The van der Waals surface area contributed by atoms with Gasteiger partial charge in [-0.3, -0.25) is 0 Å². The Morgan fingerprint density at radius 1 is 1.06 bits per heavy atom. The van der Waals surface area contributed by atoms with Crippen LogP contribution in [0.5, 0.6) is 0 Å². The molecule has 0 saturated carbocycles. The predicted molar refractivity (Wildman–Crippen MR) is 65.8 cm³/mol. The number of halogens is 2. The lowest BCUT2D eigenvalue weighted by molar-refractivity contribution is -0.108. The molecule has 0 saturated heterocycles. The highest BCUT2D eigenvalue weighted by molar-refractivity contribution is 6.30. The van der Waals surface area contributed by atoms with Crippen LogP contribution in [0.2, 0.25) is 5.02 Å². The van der Waals surface area contributed by atoms with Crippen molar-refractivity contribution in [2.75, 3.05) is 0 Å². The van der Waals surface area contributed by atoms with E-state index in [-0.39, 0.29) is 5.82 Å². The zero-order valence-electron chi connectivity index (χ0n) is 8.94. The molecule has 0 N–H and O–H groups in total. The Hall–Kier alpha value is -1.67. The molecule has 3 heteroatoms. The largest absolute Gasteiger partial charge is 0.302 e. The summed E-state index contributed by atoms with van der Waals surface area (Å²) >= 11 is 5.77. The van der Waals surface area contributed by atoms with Crippen molar-refractivity contribution < 1.29 is 9.18 Å². The van der Waals surface area contributed by atoms with Gasteiger partial charge in [-0.05, 0) is 23.8 Å². The smallest absolute Gasteiger partial charge is 0.131 e. The zero-order valence-corrected chi connectivity index (χ0v) is 9.69. The lowest BCUT2D eigenvalue weighted by atomic mass is 9.92. The van der Waals surface area contributed by atoms with Crippen LogP contribution < -0.4 is 0 Å². The van der Waals surface area contributed by atoms with Crippen LogP contribution in [0.25, 0.3) is 0 Å². The predicted octanol–water partition coefficient (Wildman–Crippen LogP) is 3.81. The van der Waals surface area contributed by atoms with Crippen LogP contribution in [-0.4, -0.2) is 6.29 Å². The molecule has 2 aromatic carbocycles. The van der Waals surface area contributed by atoms with Gasteiger partial charge in [0.1, 0.15) is 12.1 Å². The number of aldehydes is 1. The first-order valence-corrected chi connectivity index (χ1v) is 5.55. The van der Waals surface area contributed by atoms with Crippen molar-refractivity contribution in [3.63, 3.8) is 0 Å². The molecular formula is C14H10ClFO. The molecule has 0 heterocycles. The summed E-state index contributed by atoms with van der Waals surface area (Å²) in [6.07, 6.45) is 0.738. The molecule has 1 nitrogen and oxygen atoms in total. The molecule has 0 aliphatic rings. The summed E-state index contributed by atoms with van der Waals surface area (Å²) < 4.78 is 13.6. The first-order valence-electron chi connectivity index (χ1n) is 5.17. The molecule has 2 rings (SSSR count). The van der Waals surface area contributed by atoms with Gasteiger partial charge < -0.3 is 4.79 Å². The molecule has 1 unspecified atom stereocenters. The van der Waals surface area contributed by atoms with E-state index < -0.39 is 5.92 Å². The van der Waals surface area contributed by atoms with Gasteiger partial charge in [-0.2, -0.15) is 0 Å². The van der Waals surface area contributed by atoms with Crippen molar-refractivity contribution in [2.24, 2.45) is 0 Å². The molecule has 0 fully saturated rings. The van der Waals surface area contributed by atoms with Crippen molar-refractivity contribution in [1.82, 2.24) is 0 Å². The quantitative estimate of drug-likeness (QED) is 0.755. The first-order chi connectivity index (χ1) is 8.22. The minimum atomic E-state index is -0.589. The molecule has 0 bridgehead atoms. The maximum Gasteiger partial charge on any atom is 0.131 e. The summed E-state index contributed by atoms with van der Waals surface area (Å²) in [4.78, 5) is 11.1. The van der Waals surface area contributed by atoms with E-state index in [9.17, 15) is 9.18 Å². The standard InChI is InChI=1S/C14H10ClFO/c15-11-7-5-10(6-8-11)13(9-17)12-3-1-2-4-14(12)16/h1-9,13H. The lowest BCUT2D eigenvalue weighted by Gasteiger charge is -2.12. The normalized spacial score (nSPS) is 12.1. The molecule has 2 aromatic rings. The Balaban J connectivity index is 2.44. The topological polar surface area (TPSA) is 17.1 Å². The summed E-state index contributed by atoms with van der Waals surface area (Å²) in [6.45, 7) is 0. The van der Waals surface area contributed by atoms with Gasteiger partial charge in [-0.25, -0.2) is 4.39 Å². The Labute approximate surface area is 104 Å². The van der Waals surface area contributed by atoms with E-state index >= 15 is 0 Å². The van der Waals surface area contributed by atoms with Crippen LogP contribution in [0.3, 0.4) is 0 Å². The average Bonchev–Trinajstić information content (AvgIpc) is 2.35. The summed E-state index contributed by atoms with van der Waals surface area (Å²) in [5, 5.41) is 0.590. The van der Waals surface area contributed by atoms with E-state index in [2.05, 4.69) is 0 Å². The van der Waals surface area contributed by atoms with Crippen LogP contribution in [-0.2, 0) is 4.79 Å². The number of rotatable bonds is 3. The average molecular weight is 249 g/mol. The fraction of sp³-hybridized carbons (Fsp3) is 0.0714. The molecule has 0 spiro atoms. The Kier molecular flexibility index (Phi) is 3.55. The second kappa shape index (κ2) is 5.11. The van der Waals surface area contributed by atoms with Gasteiger partial charge in [0.05, 0.1) is 5.92 Å². The third kappa shape index (κ3) is 2.53. The minimum absolute atomic E-state index is 0.375. The molecular weight excluding hydrogens is 239 g/mol. The Morgan fingerprint density at radius 2 is 1.71 bits per heavy atom. The summed E-state index contributed by atoms with van der Waals surface area (Å²) in [6, 6.07) is 13.1. The van der Waals surface area contributed by atoms with Gasteiger partial charge in [-0.1, -0.05) is 41.9 Å². The van der Waals surface area contributed by atoms with Gasteiger partial charge >= 0.3 is 0 Å². The van der Waals surface area contributed by atoms with Crippen molar-refractivity contribution >= 4 is 17.9 Å². The monoisotopic (exact) mass is 248 g/mol. The lowest BCUT2D eigenvalue weighted by Crippen LogP contribution is -2.04. The van der Waals surface area contributed by atoms with Crippen molar-refractivity contribution in [2.45, 2.75) is 5.92 Å². The molecule has 1 atom stereocenters. The van der Waals surface area contributed by atoms with E-state index in [1.165, 1.54) is 6.07 Å². The summed E-state index contributed by atoms with van der Waals surface area (Å²) in [7, 11) is 0. The van der Waals surface area contributed by atoms with Crippen LogP contribution in [0.4, 0.5) is 4.39 Å². The van der Waals surface area contributed by atoms with Crippen molar-refractivity contribution in [3.8, 4) is 0 Å². The maximum absolute atomic E-state index is 13.6. The number of hydrogen-bond donors (Lipinski definition) is 0. The van der Waals surface area contributed by atoms with Gasteiger partial charge in [0.2, 0.25) is 0 Å². The molecule has 0 amide bonds. The fourth-order valence-corrected chi connectivity index (χ4v) is 1.85. The molecule has 17 heavy (non-hydrogen) atoms. The third-order valence-corrected chi connectivity index (χ3v) is 2.86. The Bertz CT molecular complexity index is 522. The number of carbonyl (C=O) groups excluding carboxylic acids is 1. The van der Waals surface area contributed by atoms with Crippen LogP contribution in [0.1, 0.15) is 17.0 Å². The van der Waals surface area contributed by atoms with Gasteiger partial charge in [0.15, 0.2) is 0 Å². The Morgan fingerprint density at radius 3 is 2.29 bits per heavy atom. The number of benzene rings is 2. The second-order valence-corrected chi connectivity index (χ2v) is 4.12. The van der Waals surface area contributed by atoms with Gasteiger partial charge in [-0.15, -0.1) is 0 Å². The molecule has 0 aliphatic carbocycles. The summed E-state index contributed by atoms with van der Waals surface area (Å²) in [5.41, 5.74) is 1.11. The number of hydrogen-bond acceptors (Lipinski definition) is 1. The fourth-order valence-electron chi connectivity index (χ4n) is 1.73. The highest BCUT2D eigenvalue weighted by atomic mass is 35.5. The zero-order chi connectivity index (χ0) is 12.3. The minimum Gasteiger partial charge on any atom is -0.302 e. The van der Waals surface area contributed by atoms with E-state index in [0.29, 0.717) is 10.6 Å². The molecule has 86 valence electrons. The molecule has 0 aliphatic heterocycles. The van der Waals surface area contributed by atoms with Gasteiger partial charge in [0.25, 0.3) is 0 Å².